The van der Waals surface area contributed by atoms with E-state index < -0.39 is 8.53 Å². The van der Waals surface area contributed by atoms with Gasteiger partial charge >= 0.3 is 8.53 Å². The second-order valence-corrected chi connectivity index (χ2v) is 8.95. The predicted octanol–water partition coefficient (Wildman–Crippen LogP) is 5.20. The molecule has 0 aliphatic carbocycles. The summed E-state index contributed by atoms with van der Waals surface area (Å²) in [7, 11) is -1.07. The maximum atomic E-state index is 6.49. The summed E-state index contributed by atoms with van der Waals surface area (Å²) in [5.74, 6) is 2.77. The highest BCUT2D eigenvalue weighted by Crippen LogP contribution is 2.62. The van der Waals surface area contributed by atoms with Crippen molar-refractivity contribution in [2.24, 2.45) is 0 Å². The number of hydrogen-bond donors (Lipinski definition) is 0. The normalized spacial score (nSPS) is 22.8. The molecule has 0 radical (unpaired) electrons. The fourth-order valence-corrected chi connectivity index (χ4v) is 5.72. The van der Waals surface area contributed by atoms with Crippen LogP contribution in [0.1, 0.15) is 64.3 Å². The Hall–Kier alpha value is -1.03. The van der Waals surface area contributed by atoms with Gasteiger partial charge < -0.3 is 13.8 Å². The van der Waals surface area contributed by atoms with E-state index >= 15 is 0 Å². The van der Waals surface area contributed by atoms with Gasteiger partial charge in [-0.3, -0.25) is 4.90 Å². The minimum absolute atomic E-state index is 0.223. The zero-order chi connectivity index (χ0) is 19.2. The van der Waals surface area contributed by atoms with Gasteiger partial charge in [0, 0.05) is 29.8 Å². The van der Waals surface area contributed by atoms with Crippen molar-refractivity contribution in [3.8, 4) is 17.2 Å². The second-order valence-electron chi connectivity index (χ2n) is 7.54. The van der Waals surface area contributed by atoms with Crippen molar-refractivity contribution in [1.29, 1.82) is 0 Å². The number of likely N-dealkylation sites (N-methyl/N-ethyl adjacent to an activating group) is 1. The quantitative estimate of drug-likeness (QED) is 0.634. The summed E-state index contributed by atoms with van der Waals surface area (Å²) in [6.07, 6.45) is 0. The van der Waals surface area contributed by atoms with Gasteiger partial charge in [-0.15, -0.1) is 0 Å². The van der Waals surface area contributed by atoms with Crippen LogP contribution in [-0.4, -0.2) is 41.4 Å². The van der Waals surface area contributed by atoms with Crippen LogP contribution < -0.4 is 13.8 Å². The highest BCUT2D eigenvalue weighted by Gasteiger charge is 2.48. The molecule has 0 fully saturated rings. The number of fused-ring (bicyclic) bond motifs is 2. The standard InChI is InChI=1S/C20H33N2O3P/c1-9-21(10-2)19-15-13(5)17-18(14(6)16(15)23-20(19,7)8)25-26(24-17)22(11-3)12-4/h19H,9-12H2,1-8H3/t19-,26?/m1/s1. The number of rotatable bonds is 6. The Labute approximate surface area is 159 Å². The third kappa shape index (κ3) is 2.89. The van der Waals surface area contributed by atoms with Gasteiger partial charge in [-0.25, -0.2) is 4.67 Å². The van der Waals surface area contributed by atoms with Crippen LogP contribution in [0.5, 0.6) is 17.2 Å². The molecule has 5 nitrogen and oxygen atoms in total. The summed E-state index contributed by atoms with van der Waals surface area (Å²) < 4.78 is 21.4. The van der Waals surface area contributed by atoms with Crippen molar-refractivity contribution in [3.63, 3.8) is 0 Å². The first kappa shape index (κ1) is 19.7. The molecule has 3 rings (SSSR count). The average molecular weight is 380 g/mol. The number of nitrogens with zero attached hydrogens (tertiary/aromatic N) is 2. The molecule has 0 saturated carbocycles. The zero-order valence-electron chi connectivity index (χ0n) is 17.5. The Morgan fingerprint density at radius 1 is 0.846 bits per heavy atom. The second kappa shape index (κ2) is 7.18. The first-order valence-electron chi connectivity index (χ1n) is 9.81. The Balaban J connectivity index is 2.10. The van der Waals surface area contributed by atoms with Crippen molar-refractivity contribution in [2.45, 2.75) is 67.0 Å². The van der Waals surface area contributed by atoms with E-state index in [4.69, 9.17) is 13.8 Å². The van der Waals surface area contributed by atoms with Crippen LogP contribution in [0.2, 0.25) is 0 Å². The van der Waals surface area contributed by atoms with Crippen molar-refractivity contribution in [1.82, 2.24) is 9.57 Å². The fraction of sp³-hybridized carbons (Fsp3) is 0.700. The Morgan fingerprint density at radius 3 is 1.88 bits per heavy atom. The smallest absolute Gasteiger partial charge is 0.384 e. The molecule has 6 heteroatoms. The molecule has 1 aromatic rings. The van der Waals surface area contributed by atoms with Crippen LogP contribution in [0.25, 0.3) is 0 Å². The van der Waals surface area contributed by atoms with E-state index in [-0.39, 0.29) is 11.6 Å². The highest BCUT2D eigenvalue weighted by molar-refractivity contribution is 7.45. The van der Waals surface area contributed by atoms with Crippen LogP contribution in [0.4, 0.5) is 0 Å². The highest BCUT2D eigenvalue weighted by atomic mass is 31.2. The van der Waals surface area contributed by atoms with Gasteiger partial charge in [0.25, 0.3) is 0 Å². The molecule has 2 aliphatic rings. The maximum Gasteiger partial charge on any atom is 0.384 e. The van der Waals surface area contributed by atoms with E-state index in [1.54, 1.807) is 0 Å². The van der Waals surface area contributed by atoms with Gasteiger partial charge in [0.1, 0.15) is 11.4 Å². The van der Waals surface area contributed by atoms with Crippen LogP contribution in [-0.2, 0) is 0 Å². The first-order valence-corrected chi connectivity index (χ1v) is 10.9. The van der Waals surface area contributed by atoms with E-state index in [1.807, 2.05) is 0 Å². The lowest BCUT2D eigenvalue weighted by molar-refractivity contribution is 0.0330. The van der Waals surface area contributed by atoms with Gasteiger partial charge in [-0.05, 0) is 40.8 Å². The van der Waals surface area contributed by atoms with E-state index in [0.29, 0.717) is 0 Å². The van der Waals surface area contributed by atoms with Crippen molar-refractivity contribution in [2.75, 3.05) is 26.2 Å². The lowest BCUT2D eigenvalue weighted by Crippen LogP contribution is -2.42. The van der Waals surface area contributed by atoms with Gasteiger partial charge in [0.05, 0.1) is 6.04 Å². The lowest BCUT2D eigenvalue weighted by Gasteiger charge is -2.35. The lowest BCUT2D eigenvalue weighted by atomic mass is 9.88. The average Bonchev–Trinajstić information content (AvgIpc) is 3.16. The molecule has 2 heterocycles. The molecule has 0 amide bonds. The van der Waals surface area contributed by atoms with Crippen molar-refractivity contribution < 1.29 is 13.8 Å². The molecule has 26 heavy (non-hydrogen) atoms. The molecule has 146 valence electrons. The summed E-state index contributed by atoms with van der Waals surface area (Å²) >= 11 is 0. The van der Waals surface area contributed by atoms with Gasteiger partial charge in [-0.1, -0.05) is 27.7 Å². The summed E-state index contributed by atoms with van der Waals surface area (Å²) in [5.41, 5.74) is 3.23. The molecular weight excluding hydrogens is 347 g/mol. The summed E-state index contributed by atoms with van der Waals surface area (Å²) in [4.78, 5) is 2.48. The van der Waals surface area contributed by atoms with E-state index in [9.17, 15) is 0 Å². The fourth-order valence-electron chi connectivity index (χ4n) is 4.24. The van der Waals surface area contributed by atoms with E-state index in [1.165, 1.54) is 11.1 Å². The Morgan fingerprint density at radius 2 is 1.38 bits per heavy atom. The van der Waals surface area contributed by atoms with Gasteiger partial charge in [0.15, 0.2) is 11.5 Å². The SMILES string of the molecule is CCN(CC)[C@@H]1c2c(C)c3c(c(C)c2OC1(C)C)OP(N(CC)CC)O3. The summed E-state index contributed by atoms with van der Waals surface area (Å²) in [6, 6.07) is 0.223. The molecule has 1 aromatic carbocycles. The molecule has 0 aromatic heterocycles. The van der Waals surface area contributed by atoms with Crippen LogP contribution >= 0.6 is 8.53 Å². The van der Waals surface area contributed by atoms with Crippen LogP contribution in [0.3, 0.4) is 0 Å². The van der Waals surface area contributed by atoms with Crippen LogP contribution in [0, 0.1) is 13.8 Å². The zero-order valence-corrected chi connectivity index (χ0v) is 18.4. The number of benzene rings is 1. The third-order valence-corrected chi connectivity index (χ3v) is 7.36. The monoisotopic (exact) mass is 380 g/mol. The van der Waals surface area contributed by atoms with Crippen LogP contribution in [0.15, 0.2) is 0 Å². The topological polar surface area (TPSA) is 34.2 Å². The number of ether oxygens (including phenoxy) is 1. The van der Waals surface area contributed by atoms with Crippen molar-refractivity contribution in [3.05, 3.63) is 16.7 Å². The molecule has 0 saturated heterocycles. The summed E-state index contributed by atoms with van der Waals surface area (Å²) in [5, 5.41) is 0. The largest absolute Gasteiger partial charge is 0.485 e. The Bertz CT molecular complexity index is 684. The number of hydrogen-bond acceptors (Lipinski definition) is 5. The minimum atomic E-state index is -1.07. The maximum absolute atomic E-state index is 6.49. The van der Waals surface area contributed by atoms with Gasteiger partial charge in [-0.2, -0.15) is 0 Å². The molecule has 2 atom stereocenters. The molecule has 0 spiro atoms. The molecule has 0 N–H and O–H groups in total. The molecule has 1 unspecified atom stereocenters. The molecule has 2 aliphatic heterocycles. The molecule has 0 bridgehead atoms. The Kier molecular flexibility index (Phi) is 5.45. The minimum Gasteiger partial charge on any atom is -0.485 e. The van der Waals surface area contributed by atoms with E-state index in [2.05, 4.69) is 65.0 Å². The third-order valence-electron chi connectivity index (χ3n) is 5.65. The predicted molar refractivity (Wildman–Crippen MR) is 107 cm³/mol. The summed E-state index contributed by atoms with van der Waals surface area (Å²) in [6.45, 7) is 21.2. The molecular formula is C20H33N2O3P. The van der Waals surface area contributed by atoms with Crippen molar-refractivity contribution >= 4 is 8.53 Å². The van der Waals surface area contributed by atoms with Gasteiger partial charge in [0.2, 0.25) is 0 Å². The van der Waals surface area contributed by atoms with E-state index in [0.717, 1.165) is 49.0 Å². The first-order chi connectivity index (χ1) is 12.3.